The molecule has 0 aliphatic heterocycles. The second-order valence-corrected chi connectivity index (χ2v) is 5.10. The van der Waals surface area contributed by atoms with Crippen molar-refractivity contribution < 1.29 is 0 Å². The monoisotopic (exact) mass is 170 g/mol. The Morgan fingerprint density at radius 1 is 1.45 bits per heavy atom. The molecule has 2 aliphatic carbocycles. The molecule has 0 spiro atoms. The first-order valence-electron chi connectivity index (χ1n) is 4.37. The van der Waals surface area contributed by atoms with Gasteiger partial charge in [-0.15, -0.1) is 11.6 Å². The van der Waals surface area contributed by atoms with Gasteiger partial charge in [-0.3, -0.25) is 0 Å². The third-order valence-electron chi connectivity index (χ3n) is 3.73. The molecule has 0 nitrogen and oxygen atoms in total. The summed E-state index contributed by atoms with van der Waals surface area (Å²) in [7, 11) is 0. The number of fused-ring (bicyclic) bond motifs is 2. The van der Waals surface area contributed by atoms with E-state index in [-0.39, 0.29) is 0 Å². The fourth-order valence-electron chi connectivity index (χ4n) is 2.78. The second-order valence-electron chi connectivity index (χ2n) is 4.54. The molecule has 0 radical (unpaired) electrons. The summed E-state index contributed by atoms with van der Waals surface area (Å²) in [6, 6.07) is 0. The minimum atomic E-state index is 0.315. The Labute approximate surface area is 73.6 Å². The molecule has 0 heterocycles. The molecule has 2 rings (SSSR count). The summed E-state index contributed by atoms with van der Waals surface area (Å²) < 4.78 is 0. The van der Waals surface area contributed by atoms with Gasteiger partial charge in [-0.05, 0) is 30.1 Å². The SMILES string of the molecule is C=C1[C@H]2C[C@H]([C@@H](Cl)C2)C1(C)C. The van der Waals surface area contributed by atoms with Crippen LogP contribution in [-0.4, -0.2) is 5.38 Å². The normalized spacial score (nSPS) is 46.8. The first-order valence-corrected chi connectivity index (χ1v) is 4.80. The molecule has 2 aliphatic rings. The molecule has 0 saturated heterocycles. The van der Waals surface area contributed by atoms with Crippen LogP contribution < -0.4 is 0 Å². The van der Waals surface area contributed by atoms with Crippen LogP contribution in [0.25, 0.3) is 0 Å². The predicted molar refractivity (Wildman–Crippen MR) is 48.8 cm³/mol. The fourth-order valence-corrected chi connectivity index (χ4v) is 3.41. The third-order valence-corrected chi connectivity index (χ3v) is 4.21. The summed E-state index contributed by atoms with van der Waals surface area (Å²) in [5.41, 5.74) is 1.76. The molecule has 2 saturated carbocycles. The summed E-state index contributed by atoms with van der Waals surface area (Å²) >= 11 is 6.22. The summed E-state index contributed by atoms with van der Waals surface area (Å²) in [6.07, 6.45) is 2.47. The average molecular weight is 171 g/mol. The Bertz CT molecular complexity index is 205. The largest absolute Gasteiger partial charge is 0.123 e. The van der Waals surface area contributed by atoms with Crippen molar-refractivity contribution in [2.75, 3.05) is 0 Å². The molecule has 0 amide bonds. The second kappa shape index (κ2) is 2.04. The Morgan fingerprint density at radius 3 is 2.45 bits per heavy atom. The molecule has 2 fully saturated rings. The summed E-state index contributed by atoms with van der Waals surface area (Å²) in [5.74, 6) is 1.43. The summed E-state index contributed by atoms with van der Waals surface area (Å²) in [5, 5.41) is 0.417. The highest BCUT2D eigenvalue weighted by Gasteiger charge is 2.52. The first kappa shape index (κ1) is 7.67. The number of hydrogen-bond donors (Lipinski definition) is 0. The van der Waals surface area contributed by atoms with Crippen molar-refractivity contribution in [1.82, 2.24) is 0 Å². The smallest absolute Gasteiger partial charge is 0.0378 e. The lowest BCUT2D eigenvalue weighted by Crippen LogP contribution is -2.29. The van der Waals surface area contributed by atoms with Crippen LogP contribution in [-0.2, 0) is 0 Å². The highest BCUT2D eigenvalue weighted by molar-refractivity contribution is 6.21. The summed E-state index contributed by atoms with van der Waals surface area (Å²) in [6.45, 7) is 8.74. The van der Waals surface area contributed by atoms with Crippen molar-refractivity contribution >= 4 is 11.6 Å². The van der Waals surface area contributed by atoms with Gasteiger partial charge in [0.25, 0.3) is 0 Å². The quantitative estimate of drug-likeness (QED) is 0.387. The van der Waals surface area contributed by atoms with Crippen LogP contribution in [0.1, 0.15) is 26.7 Å². The molecule has 1 heteroatoms. The van der Waals surface area contributed by atoms with Crippen LogP contribution in [0.5, 0.6) is 0 Å². The van der Waals surface area contributed by atoms with E-state index >= 15 is 0 Å². The van der Waals surface area contributed by atoms with E-state index in [2.05, 4.69) is 20.4 Å². The Morgan fingerprint density at radius 2 is 2.09 bits per heavy atom. The van der Waals surface area contributed by atoms with Crippen LogP contribution in [0, 0.1) is 17.3 Å². The van der Waals surface area contributed by atoms with Crippen LogP contribution in [0.2, 0.25) is 0 Å². The van der Waals surface area contributed by atoms with Crippen LogP contribution >= 0.6 is 11.6 Å². The first-order chi connectivity index (χ1) is 5.03. The molecule has 0 aromatic carbocycles. The molecular formula is C10H15Cl. The van der Waals surface area contributed by atoms with E-state index in [0.717, 1.165) is 5.92 Å². The van der Waals surface area contributed by atoms with E-state index < -0.39 is 0 Å². The van der Waals surface area contributed by atoms with Gasteiger partial charge in [-0.1, -0.05) is 26.0 Å². The van der Waals surface area contributed by atoms with Crippen molar-refractivity contribution in [2.45, 2.75) is 32.1 Å². The Balaban J connectivity index is 2.34. The zero-order valence-electron chi connectivity index (χ0n) is 7.23. The number of hydrogen-bond acceptors (Lipinski definition) is 0. The topological polar surface area (TPSA) is 0 Å². The molecule has 11 heavy (non-hydrogen) atoms. The van der Waals surface area contributed by atoms with Gasteiger partial charge in [0.2, 0.25) is 0 Å². The van der Waals surface area contributed by atoms with E-state index in [1.54, 1.807) is 0 Å². The summed E-state index contributed by atoms with van der Waals surface area (Å²) in [4.78, 5) is 0. The van der Waals surface area contributed by atoms with Crippen LogP contribution in [0.3, 0.4) is 0 Å². The Hall–Kier alpha value is 0.0300. The van der Waals surface area contributed by atoms with Gasteiger partial charge in [0, 0.05) is 5.38 Å². The number of halogens is 1. The predicted octanol–water partition coefficient (Wildman–Crippen LogP) is 3.22. The van der Waals surface area contributed by atoms with Gasteiger partial charge in [0.05, 0.1) is 0 Å². The van der Waals surface area contributed by atoms with E-state index in [1.165, 1.54) is 18.4 Å². The van der Waals surface area contributed by atoms with Gasteiger partial charge in [0.1, 0.15) is 0 Å². The molecule has 0 unspecified atom stereocenters. The lowest BCUT2D eigenvalue weighted by molar-refractivity contribution is 0.294. The zero-order chi connectivity index (χ0) is 8.22. The molecule has 0 aromatic rings. The maximum Gasteiger partial charge on any atom is 0.0378 e. The van der Waals surface area contributed by atoms with Gasteiger partial charge >= 0.3 is 0 Å². The van der Waals surface area contributed by atoms with E-state index in [4.69, 9.17) is 11.6 Å². The van der Waals surface area contributed by atoms with E-state index in [1.807, 2.05) is 0 Å². The molecule has 62 valence electrons. The highest BCUT2D eigenvalue weighted by Crippen LogP contribution is 2.59. The minimum Gasteiger partial charge on any atom is -0.123 e. The standard InChI is InChI=1S/C10H15Cl/c1-6-7-4-8(9(11)5-7)10(6,2)3/h7-9H,1,4-5H2,2-3H3/t7-,8+,9-/m0/s1. The van der Waals surface area contributed by atoms with Crippen molar-refractivity contribution in [3.63, 3.8) is 0 Å². The molecular weight excluding hydrogens is 156 g/mol. The molecule has 3 atom stereocenters. The number of allylic oxidation sites excluding steroid dienone is 1. The lowest BCUT2D eigenvalue weighted by atomic mass is 9.73. The Kier molecular flexibility index (Phi) is 1.42. The fraction of sp³-hybridized carbons (Fsp3) is 0.800. The van der Waals surface area contributed by atoms with Gasteiger partial charge in [-0.25, -0.2) is 0 Å². The maximum atomic E-state index is 6.22. The highest BCUT2D eigenvalue weighted by atomic mass is 35.5. The minimum absolute atomic E-state index is 0.315. The maximum absolute atomic E-state index is 6.22. The van der Waals surface area contributed by atoms with Crippen molar-refractivity contribution in [3.8, 4) is 0 Å². The molecule has 2 bridgehead atoms. The van der Waals surface area contributed by atoms with Gasteiger partial charge < -0.3 is 0 Å². The third kappa shape index (κ3) is 0.823. The molecule has 0 N–H and O–H groups in total. The van der Waals surface area contributed by atoms with E-state index in [9.17, 15) is 0 Å². The molecule has 0 aromatic heterocycles. The van der Waals surface area contributed by atoms with Gasteiger partial charge in [-0.2, -0.15) is 0 Å². The van der Waals surface area contributed by atoms with Gasteiger partial charge in [0.15, 0.2) is 0 Å². The average Bonchev–Trinajstić information content (AvgIpc) is 2.35. The van der Waals surface area contributed by atoms with Crippen molar-refractivity contribution in [3.05, 3.63) is 12.2 Å². The lowest BCUT2D eigenvalue weighted by Gasteiger charge is -2.34. The van der Waals surface area contributed by atoms with Crippen LogP contribution in [0.4, 0.5) is 0 Å². The number of rotatable bonds is 0. The van der Waals surface area contributed by atoms with Crippen molar-refractivity contribution in [1.29, 1.82) is 0 Å². The van der Waals surface area contributed by atoms with E-state index in [0.29, 0.717) is 16.7 Å². The van der Waals surface area contributed by atoms with Crippen LogP contribution in [0.15, 0.2) is 12.2 Å². The number of alkyl halides is 1. The van der Waals surface area contributed by atoms with Crippen molar-refractivity contribution in [2.24, 2.45) is 17.3 Å². The zero-order valence-corrected chi connectivity index (χ0v) is 7.99.